The predicted octanol–water partition coefficient (Wildman–Crippen LogP) is -0.760. The number of benzene rings is 1. The van der Waals surface area contributed by atoms with Gasteiger partial charge in [0.2, 0.25) is 5.91 Å². The molecule has 2 saturated carbocycles. The molecule has 0 aromatic heterocycles. The molecule has 172 valence electrons. The van der Waals surface area contributed by atoms with E-state index in [1.54, 1.807) is 6.07 Å². The van der Waals surface area contributed by atoms with Crippen LogP contribution in [-0.4, -0.2) is 70.4 Å². The summed E-state index contributed by atoms with van der Waals surface area (Å²) >= 11 is 0. The molecule has 9 nitrogen and oxygen atoms in total. The molecule has 0 spiro atoms. The predicted molar refractivity (Wildman–Crippen MR) is 114 cm³/mol. The van der Waals surface area contributed by atoms with Crippen LogP contribution in [0.3, 0.4) is 0 Å². The zero-order chi connectivity index (χ0) is 24.2. The van der Waals surface area contributed by atoms with Gasteiger partial charge < -0.3 is 15.9 Å². The molecule has 1 amide bonds. The number of hydrogen-bond acceptors (Lipinski definition) is 8. The van der Waals surface area contributed by atoms with E-state index >= 15 is 0 Å². The first kappa shape index (κ1) is 22.8. The number of Topliss-reactive ketones (excluding diaryl/α,β-unsaturated/α-hetero) is 4. The lowest BCUT2D eigenvalue weighted by molar-refractivity contribution is -0.175. The summed E-state index contributed by atoms with van der Waals surface area (Å²) in [5.41, 5.74) is 3.55. The second-order valence-electron chi connectivity index (χ2n) is 9.26. The van der Waals surface area contributed by atoms with Crippen molar-refractivity contribution in [2.45, 2.75) is 24.9 Å². The van der Waals surface area contributed by atoms with Gasteiger partial charge in [-0.25, -0.2) is 0 Å². The molecular weight excluding hydrogens is 428 g/mol. The number of aromatic hydroxyl groups is 1. The number of phenols is 1. The second kappa shape index (κ2) is 7.90. The van der Waals surface area contributed by atoms with Crippen LogP contribution in [0.25, 0.3) is 0 Å². The van der Waals surface area contributed by atoms with Crippen LogP contribution in [0.2, 0.25) is 0 Å². The average molecular weight is 452 g/mol. The van der Waals surface area contributed by atoms with Crippen molar-refractivity contribution in [1.82, 2.24) is 4.90 Å². The number of rotatable bonds is 2. The maximum Gasteiger partial charge on any atom is 0.235 e. The summed E-state index contributed by atoms with van der Waals surface area (Å²) in [6.07, 6.45) is -0.0886. The third kappa shape index (κ3) is 3.37. The molecule has 9 heteroatoms. The summed E-state index contributed by atoms with van der Waals surface area (Å²) in [4.78, 5) is 65.6. The number of carbonyl (C=O) groups excluding carboxylic acids is 5. The van der Waals surface area contributed by atoms with Crippen molar-refractivity contribution < 1.29 is 34.2 Å². The minimum absolute atomic E-state index is 0.0471. The van der Waals surface area contributed by atoms with Crippen molar-refractivity contribution in [2.24, 2.45) is 29.4 Å². The molecule has 5 atom stereocenters. The van der Waals surface area contributed by atoms with Crippen LogP contribution < -0.4 is 5.73 Å². The Bertz CT molecular complexity index is 1180. The Morgan fingerprint density at radius 1 is 1.18 bits per heavy atom. The molecule has 0 radical (unpaired) electrons. The van der Waals surface area contributed by atoms with Crippen LogP contribution in [0, 0.1) is 35.5 Å². The molecule has 0 saturated heterocycles. The van der Waals surface area contributed by atoms with Gasteiger partial charge in [0, 0.05) is 17.9 Å². The van der Waals surface area contributed by atoms with Gasteiger partial charge >= 0.3 is 0 Å². The van der Waals surface area contributed by atoms with Crippen molar-refractivity contribution >= 4 is 29.0 Å². The Balaban J connectivity index is 1.78. The van der Waals surface area contributed by atoms with E-state index in [1.807, 2.05) is 19.0 Å². The Morgan fingerprint density at radius 3 is 2.52 bits per heavy atom. The van der Waals surface area contributed by atoms with Gasteiger partial charge in [-0.05, 0) is 50.6 Å². The molecule has 0 aliphatic heterocycles. The quantitative estimate of drug-likeness (QED) is 0.391. The first-order valence-electron chi connectivity index (χ1n) is 10.6. The van der Waals surface area contributed by atoms with E-state index in [4.69, 9.17) is 5.73 Å². The third-order valence-corrected chi connectivity index (χ3v) is 6.90. The number of hydrogen-bond donors (Lipinski definition) is 3. The Labute approximate surface area is 189 Å². The molecule has 33 heavy (non-hydrogen) atoms. The molecule has 3 aliphatic rings. The number of fused-ring (bicyclic) bond motifs is 3. The monoisotopic (exact) mass is 452 g/mol. The number of nitrogens with two attached hydrogens (primary N) is 1. The molecule has 2 fully saturated rings. The Hall–Kier alpha value is -3.35. The Morgan fingerprint density at radius 2 is 1.88 bits per heavy atom. The van der Waals surface area contributed by atoms with Crippen LogP contribution in [0.4, 0.5) is 0 Å². The number of carbonyl (C=O) groups is 5. The van der Waals surface area contributed by atoms with Crippen molar-refractivity contribution in [1.29, 1.82) is 0 Å². The van der Waals surface area contributed by atoms with E-state index in [0.717, 1.165) is 0 Å². The summed E-state index contributed by atoms with van der Waals surface area (Å²) in [5, 5.41) is 21.6. The molecule has 4 unspecified atom stereocenters. The molecule has 4 rings (SSSR count). The Kier molecular flexibility index (Phi) is 5.47. The highest BCUT2D eigenvalue weighted by Gasteiger charge is 2.66. The summed E-state index contributed by atoms with van der Waals surface area (Å²) in [6, 6.07) is 2.94. The molecule has 1 aromatic carbocycles. The lowest BCUT2D eigenvalue weighted by Crippen LogP contribution is -2.68. The number of amides is 1. The van der Waals surface area contributed by atoms with Gasteiger partial charge in [0.1, 0.15) is 5.75 Å². The van der Waals surface area contributed by atoms with Crippen LogP contribution >= 0.6 is 0 Å². The second-order valence-corrected chi connectivity index (χ2v) is 9.26. The van der Waals surface area contributed by atoms with Crippen molar-refractivity contribution in [3.63, 3.8) is 0 Å². The SMILES string of the molecule is CN(C)CC#Cc1ccc(O)c2c1CC1CC3CC(=O)C(C(N)=O)C(=O)[C@@]3(O)C(=O)C1C2=O. The van der Waals surface area contributed by atoms with E-state index in [-0.39, 0.29) is 30.6 Å². The first-order chi connectivity index (χ1) is 15.5. The molecule has 0 bridgehead atoms. The van der Waals surface area contributed by atoms with Crippen molar-refractivity contribution in [2.75, 3.05) is 20.6 Å². The molecule has 4 N–H and O–H groups in total. The van der Waals surface area contributed by atoms with Gasteiger partial charge in [0.25, 0.3) is 0 Å². The van der Waals surface area contributed by atoms with Gasteiger partial charge in [-0.1, -0.05) is 11.8 Å². The highest BCUT2D eigenvalue weighted by atomic mass is 16.3. The largest absolute Gasteiger partial charge is 0.507 e. The van der Waals surface area contributed by atoms with Gasteiger partial charge in [-0.3, -0.25) is 28.9 Å². The number of phenolic OH excluding ortho intramolecular Hbond substituents is 1. The zero-order valence-corrected chi connectivity index (χ0v) is 18.3. The van der Waals surface area contributed by atoms with Gasteiger partial charge in [-0.2, -0.15) is 0 Å². The number of ketones is 4. The van der Waals surface area contributed by atoms with Crippen LogP contribution in [0.15, 0.2) is 12.1 Å². The normalized spacial score (nSPS) is 30.8. The lowest BCUT2D eigenvalue weighted by Gasteiger charge is -2.48. The molecule has 1 aromatic rings. The van der Waals surface area contributed by atoms with Crippen LogP contribution in [0.5, 0.6) is 5.75 Å². The standard InChI is InChI=1S/C24H24N2O7/c1-26(2)7-3-4-11-5-6-15(27)18-14(11)9-12-8-13-10-16(28)19(23(25)32)22(31)24(13,33)21(30)17(12)20(18)29/h5-6,12-13,17,19,27,33H,7-10H2,1-2H3,(H2,25,32)/t12?,13?,17?,19?,24-/m0/s1. The zero-order valence-electron chi connectivity index (χ0n) is 18.3. The summed E-state index contributed by atoms with van der Waals surface area (Å²) in [7, 11) is 3.72. The number of nitrogens with zero attached hydrogens (tertiary/aromatic N) is 1. The maximum absolute atomic E-state index is 13.4. The summed E-state index contributed by atoms with van der Waals surface area (Å²) in [5.74, 6) is -4.19. The third-order valence-electron chi connectivity index (χ3n) is 6.90. The smallest absolute Gasteiger partial charge is 0.235 e. The number of aliphatic hydroxyl groups is 1. The van der Waals surface area contributed by atoms with Crippen LogP contribution in [-0.2, 0) is 25.6 Å². The summed E-state index contributed by atoms with van der Waals surface area (Å²) < 4.78 is 0. The fourth-order valence-corrected chi connectivity index (χ4v) is 5.38. The van der Waals surface area contributed by atoms with Crippen molar-refractivity contribution in [3.8, 4) is 17.6 Å². The molecule has 0 heterocycles. The van der Waals surface area contributed by atoms with E-state index in [9.17, 15) is 34.2 Å². The van der Waals surface area contributed by atoms with Gasteiger partial charge in [0.15, 0.2) is 34.7 Å². The fourth-order valence-electron chi connectivity index (χ4n) is 5.38. The first-order valence-corrected chi connectivity index (χ1v) is 10.6. The minimum Gasteiger partial charge on any atom is -0.507 e. The van der Waals surface area contributed by atoms with Gasteiger partial charge in [0.05, 0.1) is 18.0 Å². The summed E-state index contributed by atoms with van der Waals surface area (Å²) in [6.45, 7) is 0.481. The average Bonchev–Trinajstić information content (AvgIpc) is 2.71. The highest BCUT2D eigenvalue weighted by molar-refractivity contribution is 6.31. The topological polar surface area (TPSA) is 155 Å². The fraction of sp³-hybridized carbons (Fsp3) is 0.458. The highest BCUT2D eigenvalue weighted by Crippen LogP contribution is 2.50. The lowest BCUT2D eigenvalue weighted by atomic mass is 9.53. The van der Waals surface area contributed by atoms with E-state index in [2.05, 4.69) is 11.8 Å². The van der Waals surface area contributed by atoms with Crippen LogP contribution in [0.1, 0.15) is 34.3 Å². The molecule has 3 aliphatic carbocycles. The maximum atomic E-state index is 13.4. The minimum atomic E-state index is -2.64. The molecular formula is C24H24N2O7. The van der Waals surface area contributed by atoms with E-state index < -0.39 is 58.3 Å². The van der Waals surface area contributed by atoms with E-state index in [1.165, 1.54) is 6.07 Å². The van der Waals surface area contributed by atoms with Gasteiger partial charge in [-0.15, -0.1) is 0 Å². The van der Waals surface area contributed by atoms with Crippen molar-refractivity contribution in [3.05, 3.63) is 28.8 Å². The van der Waals surface area contributed by atoms with E-state index in [0.29, 0.717) is 17.7 Å². The number of primary amides is 1.